The van der Waals surface area contributed by atoms with Gasteiger partial charge in [0.15, 0.2) is 10.2 Å². The van der Waals surface area contributed by atoms with Crippen molar-refractivity contribution in [1.82, 2.24) is 24.1 Å². The third kappa shape index (κ3) is 5.06. The van der Waals surface area contributed by atoms with E-state index in [4.69, 9.17) is 25.8 Å². The number of rotatable bonds is 8. The molecule has 0 aliphatic carbocycles. The van der Waals surface area contributed by atoms with Crippen LogP contribution in [-0.4, -0.2) is 54.6 Å². The van der Waals surface area contributed by atoms with Crippen LogP contribution in [0.2, 0.25) is 5.15 Å². The van der Waals surface area contributed by atoms with Crippen molar-refractivity contribution in [1.29, 1.82) is 0 Å². The Morgan fingerprint density at radius 3 is 2.45 bits per heavy atom. The number of nitrogens with one attached hydrogen (secondary N) is 2. The minimum atomic E-state index is -4.43. The minimum Gasteiger partial charge on any atom is -0.492 e. The van der Waals surface area contributed by atoms with Crippen molar-refractivity contribution in [2.75, 3.05) is 26.1 Å². The van der Waals surface area contributed by atoms with E-state index in [0.29, 0.717) is 12.4 Å². The fourth-order valence-corrected chi connectivity index (χ4v) is 4.03. The summed E-state index contributed by atoms with van der Waals surface area (Å²) in [7, 11) is -1.70. The van der Waals surface area contributed by atoms with Crippen LogP contribution in [0.25, 0.3) is 5.65 Å². The molecule has 0 unspecified atom stereocenters. The van der Waals surface area contributed by atoms with Crippen LogP contribution in [0.1, 0.15) is 13.3 Å². The molecule has 0 bridgehead atoms. The molecule has 3 rings (SSSR count). The van der Waals surface area contributed by atoms with E-state index in [0.717, 1.165) is 6.42 Å². The molecule has 3 aromatic heterocycles. The first kappa shape index (κ1) is 22.4. The van der Waals surface area contributed by atoms with Crippen molar-refractivity contribution in [2.24, 2.45) is 0 Å². The molecule has 14 heteroatoms. The van der Waals surface area contributed by atoms with Crippen molar-refractivity contribution in [3.63, 3.8) is 0 Å². The van der Waals surface area contributed by atoms with Crippen molar-refractivity contribution in [3.05, 3.63) is 29.5 Å². The standard InChI is InChI=1S/C17H19ClN6O6S/c1-4-7-30-10-5-6-11-19-14(18)15(24(11)9-10)31(26,27)23-17(25)22-16-20-12(28-2)8-13(21-16)29-3/h5-6,8-9H,4,7H2,1-3H3,(H2,20,21,22,23,25). The highest BCUT2D eigenvalue weighted by molar-refractivity contribution is 7.90. The zero-order valence-electron chi connectivity index (χ0n) is 16.7. The number of imidazole rings is 1. The van der Waals surface area contributed by atoms with Gasteiger partial charge in [0.1, 0.15) is 11.4 Å². The summed E-state index contributed by atoms with van der Waals surface area (Å²) in [4.78, 5) is 24.1. The van der Waals surface area contributed by atoms with Crippen LogP contribution in [0.3, 0.4) is 0 Å². The Balaban J connectivity index is 1.87. The summed E-state index contributed by atoms with van der Waals surface area (Å²) in [5.74, 6) is 0.397. The van der Waals surface area contributed by atoms with Crippen LogP contribution in [0, 0.1) is 0 Å². The first-order valence-corrected chi connectivity index (χ1v) is 10.7. The van der Waals surface area contributed by atoms with Gasteiger partial charge < -0.3 is 14.2 Å². The number of sulfonamides is 1. The Labute approximate surface area is 182 Å². The van der Waals surface area contributed by atoms with E-state index in [-0.39, 0.29) is 28.5 Å². The fourth-order valence-electron chi connectivity index (χ4n) is 2.49. The molecule has 12 nitrogen and oxygen atoms in total. The van der Waals surface area contributed by atoms with E-state index in [9.17, 15) is 13.2 Å². The number of nitrogens with zero attached hydrogens (tertiary/aromatic N) is 4. The monoisotopic (exact) mass is 470 g/mol. The van der Waals surface area contributed by atoms with Crippen molar-refractivity contribution >= 4 is 39.3 Å². The Morgan fingerprint density at radius 1 is 1.16 bits per heavy atom. The number of hydrogen-bond acceptors (Lipinski definition) is 9. The number of amides is 2. The predicted molar refractivity (Wildman–Crippen MR) is 110 cm³/mol. The SMILES string of the molecule is CCCOc1ccc2nc(Cl)c(S(=O)(=O)NC(=O)Nc3nc(OC)cc(OC)n3)n2c1. The van der Waals surface area contributed by atoms with E-state index in [1.54, 1.807) is 12.1 Å². The Kier molecular flexibility index (Phi) is 6.65. The zero-order chi connectivity index (χ0) is 22.6. The van der Waals surface area contributed by atoms with E-state index < -0.39 is 21.1 Å². The van der Waals surface area contributed by atoms with Crippen LogP contribution >= 0.6 is 11.6 Å². The lowest BCUT2D eigenvalue weighted by molar-refractivity contribution is 0.256. The van der Waals surface area contributed by atoms with E-state index in [1.807, 2.05) is 11.6 Å². The third-order valence-electron chi connectivity index (χ3n) is 3.79. The van der Waals surface area contributed by atoms with Gasteiger partial charge in [-0.15, -0.1) is 0 Å². The van der Waals surface area contributed by atoms with Gasteiger partial charge in [-0.05, 0) is 18.6 Å². The second-order valence-electron chi connectivity index (χ2n) is 5.99. The van der Waals surface area contributed by atoms with Gasteiger partial charge in [-0.1, -0.05) is 18.5 Å². The molecule has 3 aromatic rings. The van der Waals surface area contributed by atoms with E-state index in [1.165, 1.54) is 30.9 Å². The largest absolute Gasteiger partial charge is 0.492 e. The predicted octanol–water partition coefficient (Wildman–Crippen LogP) is 2.09. The number of pyridine rings is 1. The Bertz CT molecular complexity index is 1190. The number of hydrogen-bond donors (Lipinski definition) is 2. The average molecular weight is 471 g/mol. The molecule has 0 saturated carbocycles. The van der Waals surface area contributed by atoms with Crippen molar-refractivity contribution in [2.45, 2.75) is 18.4 Å². The molecule has 0 radical (unpaired) electrons. The quantitative estimate of drug-likeness (QED) is 0.505. The minimum absolute atomic E-state index is 0.106. The maximum absolute atomic E-state index is 12.9. The maximum Gasteiger partial charge on any atom is 0.335 e. The molecule has 0 aromatic carbocycles. The van der Waals surface area contributed by atoms with Gasteiger partial charge in [-0.3, -0.25) is 9.72 Å². The number of ether oxygens (including phenoxy) is 3. The number of fused-ring (bicyclic) bond motifs is 1. The summed E-state index contributed by atoms with van der Waals surface area (Å²) < 4.78 is 44.2. The van der Waals surface area contributed by atoms with E-state index in [2.05, 4.69) is 20.3 Å². The number of urea groups is 1. The number of halogens is 1. The van der Waals surface area contributed by atoms with Gasteiger partial charge in [0, 0.05) is 0 Å². The van der Waals surface area contributed by atoms with Crippen LogP contribution < -0.4 is 24.2 Å². The van der Waals surface area contributed by atoms with Crippen molar-refractivity contribution < 1.29 is 27.4 Å². The smallest absolute Gasteiger partial charge is 0.335 e. The number of carbonyl (C=O) groups excluding carboxylic acids is 1. The van der Waals surface area contributed by atoms with Gasteiger partial charge in [0.2, 0.25) is 17.7 Å². The highest BCUT2D eigenvalue weighted by Crippen LogP contribution is 2.25. The van der Waals surface area contributed by atoms with Crippen LogP contribution in [-0.2, 0) is 10.0 Å². The van der Waals surface area contributed by atoms with Gasteiger partial charge in [-0.25, -0.2) is 14.5 Å². The number of aromatic nitrogens is 4. The lowest BCUT2D eigenvalue weighted by atomic mass is 10.4. The number of methoxy groups -OCH3 is 2. The summed E-state index contributed by atoms with van der Waals surface area (Å²) in [6.07, 6.45) is 2.19. The molecular formula is C17H19ClN6O6S. The molecule has 0 saturated heterocycles. The Hall–Kier alpha value is -3.32. The van der Waals surface area contributed by atoms with E-state index >= 15 is 0 Å². The normalized spacial score (nSPS) is 11.2. The number of carbonyl (C=O) groups is 1. The van der Waals surface area contributed by atoms with Crippen LogP contribution in [0.5, 0.6) is 17.5 Å². The van der Waals surface area contributed by atoms with Gasteiger partial charge in [0.25, 0.3) is 10.0 Å². The molecule has 0 aliphatic heterocycles. The lowest BCUT2D eigenvalue weighted by Crippen LogP contribution is -2.35. The second-order valence-corrected chi connectivity index (χ2v) is 7.94. The van der Waals surface area contributed by atoms with Gasteiger partial charge in [0.05, 0.1) is 33.1 Å². The third-order valence-corrected chi connectivity index (χ3v) is 5.51. The molecule has 2 amide bonds. The zero-order valence-corrected chi connectivity index (χ0v) is 18.3. The topological polar surface area (TPSA) is 146 Å². The molecule has 2 N–H and O–H groups in total. The molecular weight excluding hydrogens is 452 g/mol. The summed E-state index contributed by atoms with van der Waals surface area (Å²) >= 11 is 6.05. The molecule has 0 aliphatic rings. The number of anilines is 1. The molecule has 3 heterocycles. The summed E-state index contributed by atoms with van der Waals surface area (Å²) in [5.41, 5.74) is 0.260. The summed E-state index contributed by atoms with van der Waals surface area (Å²) in [5, 5.41) is 1.47. The Morgan fingerprint density at radius 2 is 1.84 bits per heavy atom. The molecule has 0 atom stereocenters. The van der Waals surface area contributed by atoms with Crippen LogP contribution in [0.4, 0.5) is 10.7 Å². The van der Waals surface area contributed by atoms with Crippen LogP contribution in [0.15, 0.2) is 29.4 Å². The fraction of sp³-hybridized carbons (Fsp3) is 0.294. The van der Waals surface area contributed by atoms with Gasteiger partial charge in [-0.2, -0.15) is 18.4 Å². The average Bonchev–Trinajstić information content (AvgIpc) is 3.07. The molecule has 0 fully saturated rings. The van der Waals surface area contributed by atoms with Gasteiger partial charge >= 0.3 is 6.03 Å². The first-order chi connectivity index (χ1) is 14.8. The highest BCUT2D eigenvalue weighted by Gasteiger charge is 2.27. The lowest BCUT2D eigenvalue weighted by Gasteiger charge is -2.10. The summed E-state index contributed by atoms with van der Waals surface area (Å²) in [6.45, 7) is 2.38. The molecule has 0 spiro atoms. The maximum atomic E-state index is 12.9. The second kappa shape index (κ2) is 9.22. The van der Waals surface area contributed by atoms with Crippen molar-refractivity contribution in [3.8, 4) is 17.5 Å². The molecule has 166 valence electrons. The highest BCUT2D eigenvalue weighted by atomic mass is 35.5. The molecule has 31 heavy (non-hydrogen) atoms. The first-order valence-electron chi connectivity index (χ1n) is 8.88. The summed E-state index contributed by atoms with van der Waals surface area (Å²) in [6, 6.07) is 3.45.